The number of benzene rings is 3. The third-order valence-corrected chi connectivity index (χ3v) is 7.73. The molecule has 200 valence electrons. The number of aromatic amines is 1. The van der Waals surface area contributed by atoms with Crippen LogP contribution >= 0.6 is 0 Å². The molecule has 0 spiro atoms. The lowest BCUT2D eigenvalue weighted by Crippen LogP contribution is -2.27. The van der Waals surface area contributed by atoms with E-state index in [2.05, 4.69) is 10.1 Å². The van der Waals surface area contributed by atoms with Crippen LogP contribution in [0.5, 0.6) is 17.2 Å². The fraction of sp³-hybridized carbons (Fsp3) is 0.111. The van der Waals surface area contributed by atoms with Crippen LogP contribution in [0.3, 0.4) is 0 Å². The molecular weight excluding hydrogens is 529 g/mol. The fourth-order valence-corrected chi connectivity index (χ4v) is 5.60. The van der Waals surface area contributed by atoms with Crippen molar-refractivity contribution in [2.24, 2.45) is 0 Å². The summed E-state index contributed by atoms with van der Waals surface area (Å²) in [6.07, 6.45) is 1.20. The molecule has 10 nitrogen and oxygen atoms in total. The molecule has 0 amide bonds. The summed E-state index contributed by atoms with van der Waals surface area (Å²) in [6.45, 7) is 0. The Bertz CT molecular complexity index is 1810. The zero-order chi connectivity index (χ0) is 27.7. The van der Waals surface area contributed by atoms with Crippen molar-refractivity contribution in [3.05, 3.63) is 89.2 Å². The van der Waals surface area contributed by atoms with E-state index in [9.17, 15) is 13.2 Å². The number of aromatic nitrogens is 2. The van der Waals surface area contributed by atoms with Crippen molar-refractivity contribution in [2.75, 3.05) is 25.6 Å². The SMILES string of the molecule is COc1cc(OC)cc(-c2cc(OC)c(N(c3ccon3)S(=O)(=O)c3ccc4[nH]c(=O)ccc4c3)cc2F)c1. The number of hydrogen-bond donors (Lipinski definition) is 1. The van der Waals surface area contributed by atoms with Gasteiger partial charge in [-0.15, -0.1) is 0 Å². The van der Waals surface area contributed by atoms with Crippen LogP contribution in [0, 0.1) is 5.82 Å². The van der Waals surface area contributed by atoms with E-state index in [1.165, 1.54) is 70.1 Å². The van der Waals surface area contributed by atoms with E-state index in [-0.39, 0.29) is 33.3 Å². The van der Waals surface area contributed by atoms with Crippen molar-refractivity contribution < 1.29 is 31.5 Å². The minimum atomic E-state index is -4.39. The number of fused-ring (bicyclic) bond motifs is 1. The predicted molar refractivity (Wildman–Crippen MR) is 142 cm³/mol. The Morgan fingerprint density at radius 1 is 0.897 bits per heavy atom. The van der Waals surface area contributed by atoms with E-state index in [0.29, 0.717) is 28.0 Å². The first kappa shape index (κ1) is 25.8. The van der Waals surface area contributed by atoms with Crippen LogP contribution in [0.25, 0.3) is 22.0 Å². The maximum absolute atomic E-state index is 15.7. The summed E-state index contributed by atoms with van der Waals surface area (Å²) in [5, 5.41) is 4.29. The Labute approximate surface area is 222 Å². The average Bonchev–Trinajstić information content (AvgIpc) is 3.46. The number of hydrogen-bond acceptors (Lipinski definition) is 8. The van der Waals surface area contributed by atoms with Gasteiger partial charge in [-0.1, -0.05) is 5.16 Å². The highest BCUT2D eigenvalue weighted by Crippen LogP contribution is 2.42. The molecule has 0 radical (unpaired) electrons. The quantitative estimate of drug-likeness (QED) is 0.290. The van der Waals surface area contributed by atoms with E-state index in [1.807, 2.05) is 0 Å². The number of ether oxygens (including phenoxy) is 3. The molecule has 0 aliphatic rings. The molecule has 0 unspecified atom stereocenters. The molecule has 1 N–H and O–H groups in total. The monoisotopic (exact) mass is 551 g/mol. The van der Waals surface area contributed by atoms with Crippen molar-refractivity contribution in [2.45, 2.75) is 4.90 Å². The Morgan fingerprint density at radius 2 is 1.64 bits per heavy atom. The Kier molecular flexibility index (Phi) is 6.71. The standard InChI is InChI=1S/C27H22FN3O7S/c1-35-18-10-17(11-19(13-18)36-2)21-14-25(37-3)24(15-22(21)28)31(26-8-9-38-30-26)39(33,34)20-5-6-23-16(12-20)4-7-27(32)29-23/h4-15H,1-3H3,(H,29,32). The lowest BCUT2D eigenvalue weighted by Gasteiger charge is -2.24. The van der Waals surface area contributed by atoms with Crippen molar-refractivity contribution in [1.29, 1.82) is 0 Å². The van der Waals surface area contributed by atoms with Crippen molar-refractivity contribution in [3.63, 3.8) is 0 Å². The Morgan fingerprint density at radius 3 is 2.28 bits per heavy atom. The molecule has 2 heterocycles. The molecule has 5 aromatic rings. The lowest BCUT2D eigenvalue weighted by molar-refractivity contribution is 0.394. The van der Waals surface area contributed by atoms with Crippen LogP contribution in [0.15, 0.2) is 87.2 Å². The third kappa shape index (κ3) is 4.77. The summed E-state index contributed by atoms with van der Waals surface area (Å²) in [7, 11) is -0.103. The first-order valence-corrected chi connectivity index (χ1v) is 12.9. The van der Waals surface area contributed by atoms with E-state index in [1.54, 1.807) is 18.2 Å². The third-order valence-electron chi connectivity index (χ3n) is 6.02. The molecule has 12 heteroatoms. The molecule has 0 fully saturated rings. The second-order valence-corrected chi connectivity index (χ2v) is 10.1. The maximum Gasteiger partial charge on any atom is 0.270 e. The molecule has 0 aliphatic carbocycles. The van der Waals surface area contributed by atoms with Gasteiger partial charge in [0.1, 0.15) is 35.0 Å². The van der Waals surface area contributed by atoms with Crippen LogP contribution in [0.4, 0.5) is 15.9 Å². The van der Waals surface area contributed by atoms with Crippen molar-refractivity contribution in [3.8, 4) is 28.4 Å². The van der Waals surface area contributed by atoms with Gasteiger partial charge in [-0.3, -0.25) is 4.79 Å². The summed E-state index contributed by atoms with van der Waals surface area (Å²) in [6, 6.07) is 15.6. The number of nitrogens with one attached hydrogen (secondary N) is 1. The number of anilines is 2. The number of pyridine rings is 1. The van der Waals surface area contributed by atoms with Gasteiger partial charge in [0.05, 0.1) is 26.2 Å². The first-order valence-electron chi connectivity index (χ1n) is 11.4. The molecule has 39 heavy (non-hydrogen) atoms. The second kappa shape index (κ2) is 10.1. The summed E-state index contributed by atoms with van der Waals surface area (Å²) < 4.78 is 65.6. The van der Waals surface area contributed by atoms with Crippen LogP contribution in [-0.4, -0.2) is 39.9 Å². The lowest BCUT2D eigenvalue weighted by atomic mass is 10.0. The zero-order valence-electron chi connectivity index (χ0n) is 21.0. The number of halogens is 1. The van der Waals surface area contributed by atoms with Gasteiger partial charge in [0.15, 0.2) is 5.82 Å². The molecular formula is C27H22FN3O7S. The fourth-order valence-electron chi connectivity index (χ4n) is 4.13. The van der Waals surface area contributed by atoms with Gasteiger partial charge < -0.3 is 23.7 Å². The van der Waals surface area contributed by atoms with E-state index >= 15 is 4.39 Å². The smallest absolute Gasteiger partial charge is 0.270 e. The molecule has 0 bridgehead atoms. The van der Waals surface area contributed by atoms with Crippen molar-refractivity contribution in [1.82, 2.24) is 10.1 Å². The summed E-state index contributed by atoms with van der Waals surface area (Å²) in [4.78, 5) is 14.2. The van der Waals surface area contributed by atoms with Gasteiger partial charge in [0, 0.05) is 35.3 Å². The number of H-pyrrole nitrogens is 1. The zero-order valence-corrected chi connectivity index (χ0v) is 21.8. The number of nitrogens with zero attached hydrogens (tertiary/aromatic N) is 2. The number of sulfonamides is 1. The molecule has 5 rings (SSSR count). The highest BCUT2D eigenvalue weighted by Gasteiger charge is 2.32. The van der Waals surface area contributed by atoms with Crippen LogP contribution < -0.4 is 24.1 Å². The number of rotatable bonds is 8. The summed E-state index contributed by atoms with van der Waals surface area (Å²) in [5.74, 6) is 0.0725. The molecule has 0 aliphatic heterocycles. The van der Waals surface area contributed by atoms with Crippen LogP contribution in [0.1, 0.15) is 0 Å². The van der Waals surface area contributed by atoms with E-state index in [0.717, 1.165) is 10.4 Å². The van der Waals surface area contributed by atoms with Gasteiger partial charge in [0.2, 0.25) is 5.56 Å². The first-order chi connectivity index (χ1) is 18.7. The average molecular weight is 552 g/mol. The largest absolute Gasteiger partial charge is 0.497 e. The number of methoxy groups -OCH3 is 3. The highest BCUT2D eigenvalue weighted by molar-refractivity contribution is 7.93. The highest BCUT2D eigenvalue weighted by atomic mass is 32.2. The summed E-state index contributed by atoms with van der Waals surface area (Å²) in [5.41, 5.74) is 0.546. The maximum atomic E-state index is 15.7. The minimum absolute atomic E-state index is 0.0462. The van der Waals surface area contributed by atoms with E-state index in [4.69, 9.17) is 18.7 Å². The van der Waals surface area contributed by atoms with Gasteiger partial charge in [-0.25, -0.2) is 17.1 Å². The minimum Gasteiger partial charge on any atom is -0.497 e. The Balaban J connectivity index is 1.69. The summed E-state index contributed by atoms with van der Waals surface area (Å²) >= 11 is 0. The van der Waals surface area contributed by atoms with Gasteiger partial charge >= 0.3 is 0 Å². The molecule has 3 aromatic carbocycles. The normalized spacial score (nSPS) is 11.4. The topological polar surface area (TPSA) is 124 Å². The van der Waals surface area contributed by atoms with Gasteiger partial charge in [0.25, 0.3) is 10.0 Å². The van der Waals surface area contributed by atoms with E-state index < -0.39 is 15.8 Å². The predicted octanol–water partition coefficient (Wildman–Crippen LogP) is 4.88. The molecule has 2 aromatic heterocycles. The van der Waals surface area contributed by atoms with Gasteiger partial charge in [-0.05, 0) is 53.4 Å². The molecule has 0 saturated carbocycles. The molecule has 0 atom stereocenters. The second-order valence-electron chi connectivity index (χ2n) is 8.30. The van der Waals surface area contributed by atoms with Crippen molar-refractivity contribution >= 4 is 32.4 Å². The van der Waals surface area contributed by atoms with Gasteiger partial charge in [-0.2, -0.15) is 0 Å². The molecule has 0 saturated heterocycles. The van der Waals surface area contributed by atoms with Crippen LogP contribution in [0.2, 0.25) is 0 Å². The Hall–Kier alpha value is -4.84. The van der Waals surface area contributed by atoms with Crippen LogP contribution in [-0.2, 0) is 10.0 Å².